The molecule has 2 N–H and O–H groups in total. The van der Waals surface area contributed by atoms with Gasteiger partial charge in [-0.25, -0.2) is 4.98 Å². The van der Waals surface area contributed by atoms with Gasteiger partial charge in [-0.2, -0.15) is 0 Å². The first-order valence-corrected chi connectivity index (χ1v) is 6.60. The van der Waals surface area contributed by atoms with E-state index in [1.807, 2.05) is 50.4 Å². The summed E-state index contributed by atoms with van der Waals surface area (Å²) in [6, 6.07) is 11.9. The minimum Gasteiger partial charge on any atom is -0.355 e. The number of benzene rings is 1. The topological polar surface area (TPSA) is 42.1 Å². The molecule has 0 fully saturated rings. The van der Waals surface area contributed by atoms with Crippen LogP contribution in [0.2, 0.25) is 5.02 Å². The molecule has 1 aromatic heterocycles. The molecule has 1 aromatic carbocycles. The van der Waals surface area contributed by atoms with Crippen molar-refractivity contribution < 1.29 is 0 Å². The summed E-state index contributed by atoms with van der Waals surface area (Å²) in [5, 5.41) is 0.779. The highest BCUT2D eigenvalue weighted by atomic mass is 35.5. The van der Waals surface area contributed by atoms with E-state index in [1.54, 1.807) is 0 Å². The fourth-order valence-electron chi connectivity index (χ4n) is 2.00. The second-order valence-electron chi connectivity index (χ2n) is 4.63. The Morgan fingerprint density at radius 3 is 2.68 bits per heavy atom. The maximum absolute atomic E-state index is 6.18. The lowest BCUT2D eigenvalue weighted by molar-refractivity contribution is 0.885. The summed E-state index contributed by atoms with van der Waals surface area (Å²) in [5.74, 6) is 0.917. The van der Waals surface area contributed by atoms with Gasteiger partial charge in [0, 0.05) is 30.9 Å². The quantitative estimate of drug-likeness (QED) is 0.932. The average molecular weight is 276 g/mol. The van der Waals surface area contributed by atoms with E-state index < -0.39 is 0 Å². The number of aryl methyl sites for hydroxylation is 1. The van der Waals surface area contributed by atoms with Crippen LogP contribution in [-0.2, 0) is 13.1 Å². The van der Waals surface area contributed by atoms with Crippen LogP contribution in [0.4, 0.5) is 5.82 Å². The smallest absolute Gasteiger partial charge is 0.129 e. The summed E-state index contributed by atoms with van der Waals surface area (Å²) in [5.41, 5.74) is 8.85. The predicted molar refractivity (Wildman–Crippen MR) is 80.4 cm³/mol. The molecular formula is C15H18ClN3. The van der Waals surface area contributed by atoms with E-state index in [2.05, 4.69) is 9.88 Å². The number of pyridine rings is 1. The Bertz CT molecular complexity index is 569. The molecule has 0 aliphatic carbocycles. The number of hydrogen-bond donors (Lipinski definition) is 1. The number of anilines is 1. The van der Waals surface area contributed by atoms with Crippen molar-refractivity contribution in [3.8, 4) is 0 Å². The summed E-state index contributed by atoms with van der Waals surface area (Å²) < 4.78 is 0. The van der Waals surface area contributed by atoms with Crippen LogP contribution >= 0.6 is 11.6 Å². The normalized spacial score (nSPS) is 10.5. The molecule has 0 bridgehead atoms. The van der Waals surface area contributed by atoms with Crippen LogP contribution in [0.25, 0.3) is 0 Å². The number of nitrogens with zero attached hydrogens (tertiary/aromatic N) is 2. The third kappa shape index (κ3) is 3.46. The minimum atomic E-state index is 0.524. The van der Waals surface area contributed by atoms with Crippen LogP contribution in [0, 0.1) is 6.92 Å². The molecule has 0 saturated heterocycles. The maximum atomic E-state index is 6.18. The van der Waals surface area contributed by atoms with E-state index in [9.17, 15) is 0 Å². The van der Waals surface area contributed by atoms with Crippen LogP contribution in [0.1, 0.15) is 16.8 Å². The van der Waals surface area contributed by atoms with E-state index in [1.165, 1.54) is 0 Å². The number of rotatable bonds is 4. The lowest BCUT2D eigenvalue weighted by Crippen LogP contribution is -2.18. The summed E-state index contributed by atoms with van der Waals surface area (Å²) in [7, 11) is 2.01. The van der Waals surface area contributed by atoms with Gasteiger partial charge in [0.05, 0.1) is 0 Å². The van der Waals surface area contributed by atoms with Crippen molar-refractivity contribution in [2.75, 3.05) is 11.9 Å². The van der Waals surface area contributed by atoms with Crippen molar-refractivity contribution >= 4 is 17.4 Å². The van der Waals surface area contributed by atoms with Gasteiger partial charge in [-0.3, -0.25) is 0 Å². The first-order chi connectivity index (χ1) is 9.10. The first-order valence-electron chi connectivity index (χ1n) is 6.22. The Morgan fingerprint density at radius 1 is 1.26 bits per heavy atom. The second kappa shape index (κ2) is 6.04. The molecule has 2 aromatic rings. The van der Waals surface area contributed by atoms with E-state index in [4.69, 9.17) is 17.3 Å². The summed E-state index contributed by atoms with van der Waals surface area (Å²) >= 11 is 6.18. The van der Waals surface area contributed by atoms with Crippen molar-refractivity contribution in [2.45, 2.75) is 20.0 Å². The van der Waals surface area contributed by atoms with Gasteiger partial charge in [-0.15, -0.1) is 0 Å². The largest absolute Gasteiger partial charge is 0.355 e. The predicted octanol–water partition coefficient (Wildman–Crippen LogP) is 3.14. The van der Waals surface area contributed by atoms with Crippen molar-refractivity contribution in [2.24, 2.45) is 5.73 Å². The van der Waals surface area contributed by atoms with Crippen molar-refractivity contribution in [3.05, 3.63) is 58.2 Å². The van der Waals surface area contributed by atoms with Crippen LogP contribution in [0.3, 0.4) is 0 Å². The lowest BCUT2D eigenvalue weighted by atomic mass is 10.2. The molecule has 100 valence electrons. The number of nitrogens with two attached hydrogens (primary N) is 1. The number of aromatic nitrogens is 1. The van der Waals surface area contributed by atoms with Crippen LogP contribution in [0.15, 0.2) is 36.4 Å². The fourth-order valence-corrected chi connectivity index (χ4v) is 2.19. The van der Waals surface area contributed by atoms with Crippen molar-refractivity contribution in [1.82, 2.24) is 4.98 Å². The number of halogens is 1. The summed E-state index contributed by atoms with van der Waals surface area (Å²) in [6.07, 6.45) is 0. The average Bonchev–Trinajstić information content (AvgIpc) is 2.40. The zero-order chi connectivity index (χ0) is 13.8. The van der Waals surface area contributed by atoms with Gasteiger partial charge >= 0.3 is 0 Å². The van der Waals surface area contributed by atoms with Crippen LogP contribution in [-0.4, -0.2) is 12.0 Å². The van der Waals surface area contributed by atoms with E-state index in [0.717, 1.165) is 34.2 Å². The number of hydrogen-bond acceptors (Lipinski definition) is 3. The Morgan fingerprint density at radius 2 is 2.00 bits per heavy atom. The zero-order valence-corrected chi connectivity index (χ0v) is 12.0. The molecule has 0 saturated carbocycles. The molecule has 0 aliphatic heterocycles. The van der Waals surface area contributed by atoms with E-state index in [0.29, 0.717) is 6.54 Å². The molecule has 0 atom stereocenters. The highest BCUT2D eigenvalue weighted by Gasteiger charge is 2.07. The fraction of sp³-hybridized carbons (Fsp3) is 0.267. The zero-order valence-electron chi connectivity index (χ0n) is 11.2. The molecule has 1 heterocycles. The molecule has 0 spiro atoms. The third-order valence-electron chi connectivity index (χ3n) is 2.99. The second-order valence-corrected chi connectivity index (χ2v) is 5.03. The minimum absolute atomic E-state index is 0.524. The Labute approximate surface area is 119 Å². The molecular weight excluding hydrogens is 258 g/mol. The van der Waals surface area contributed by atoms with Crippen molar-refractivity contribution in [3.63, 3.8) is 0 Å². The first kappa shape index (κ1) is 13.8. The summed E-state index contributed by atoms with van der Waals surface area (Å²) in [6.45, 7) is 3.22. The molecule has 19 heavy (non-hydrogen) atoms. The van der Waals surface area contributed by atoms with Gasteiger partial charge < -0.3 is 10.6 Å². The van der Waals surface area contributed by atoms with Gasteiger partial charge in [-0.05, 0) is 36.2 Å². The standard InChI is InChI=1S/C15H18ClN3/c1-11-7-12(9-17)8-15(18-11)19(2)10-13-5-3-4-6-14(13)16/h3-8H,9-10,17H2,1-2H3. The van der Waals surface area contributed by atoms with Gasteiger partial charge in [0.1, 0.15) is 5.82 Å². The Kier molecular flexibility index (Phi) is 4.40. The van der Waals surface area contributed by atoms with Crippen molar-refractivity contribution in [1.29, 1.82) is 0 Å². The third-order valence-corrected chi connectivity index (χ3v) is 3.36. The van der Waals surface area contributed by atoms with Gasteiger partial charge in [-0.1, -0.05) is 29.8 Å². The molecule has 0 unspecified atom stereocenters. The molecule has 4 heteroatoms. The van der Waals surface area contributed by atoms with Gasteiger partial charge in [0.2, 0.25) is 0 Å². The van der Waals surface area contributed by atoms with Crippen LogP contribution < -0.4 is 10.6 Å². The molecule has 0 aliphatic rings. The molecule has 3 nitrogen and oxygen atoms in total. The van der Waals surface area contributed by atoms with E-state index >= 15 is 0 Å². The maximum Gasteiger partial charge on any atom is 0.129 e. The SMILES string of the molecule is Cc1cc(CN)cc(N(C)Cc2ccccc2Cl)n1. The van der Waals surface area contributed by atoms with Gasteiger partial charge in [0.25, 0.3) is 0 Å². The Balaban J connectivity index is 2.22. The van der Waals surface area contributed by atoms with E-state index in [-0.39, 0.29) is 0 Å². The molecule has 0 radical (unpaired) electrons. The highest BCUT2D eigenvalue weighted by molar-refractivity contribution is 6.31. The monoisotopic (exact) mass is 275 g/mol. The lowest BCUT2D eigenvalue weighted by Gasteiger charge is -2.20. The molecule has 2 rings (SSSR count). The van der Waals surface area contributed by atoms with Gasteiger partial charge in [0.15, 0.2) is 0 Å². The Hall–Kier alpha value is -1.58. The molecule has 0 amide bonds. The summed E-state index contributed by atoms with van der Waals surface area (Å²) in [4.78, 5) is 6.61. The highest BCUT2D eigenvalue weighted by Crippen LogP contribution is 2.20. The van der Waals surface area contributed by atoms with Crippen LogP contribution in [0.5, 0.6) is 0 Å².